The molecule has 2 rings (SSSR count). The van der Waals surface area contributed by atoms with Crippen LogP contribution < -0.4 is 16.6 Å². The first kappa shape index (κ1) is 14.7. The Bertz CT molecular complexity index is 539. The second-order valence-electron chi connectivity index (χ2n) is 4.93. The Morgan fingerprint density at radius 2 is 2.05 bits per heavy atom. The molecule has 1 atom stereocenters. The summed E-state index contributed by atoms with van der Waals surface area (Å²) in [5.74, 6) is 7.50. The number of rotatable bonds is 6. The Labute approximate surface area is 123 Å². The molecule has 2 heterocycles. The number of anilines is 2. The molecule has 4 N–H and O–H groups in total. The van der Waals surface area contributed by atoms with Gasteiger partial charge in [-0.1, -0.05) is 26.8 Å². The van der Waals surface area contributed by atoms with E-state index in [4.69, 9.17) is 5.84 Å². The maximum atomic E-state index is 5.51. The average molecular weight is 291 g/mol. The zero-order valence-corrected chi connectivity index (χ0v) is 12.9. The van der Waals surface area contributed by atoms with E-state index in [1.165, 1.54) is 11.2 Å². The lowest BCUT2D eigenvalue weighted by Crippen LogP contribution is -2.19. The van der Waals surface area contributed by atoms with E-state index in [0.717, 1.165) is 17.8 Å². The summed E-state index contributed by atoms with van der Waals surface area (Å²) in [7, 11) is 0. The highest BCUT2D eigenvalue weighted by Gasteiger charge is 2.19. The van der Waals surface area contributed by atoms with E-state index in [9.17, 15) is 0 Å². The molecule has 2 aromatic heterocycles. The summed E-state index contributed by atoms with van der Waals surface area (Å²) in [5, 5.41) is 5.64. The number of nitrogen functional groups attached to an aromatic ring is 1. The Hall–Kier alpha value is -1.66. The predicted octanol–water partition coefficient (Wildman–Crippen LogP) is 3.20. The van der Waals surface area contributed by atoms with E-state index >= 15 is 0 Å². The topological polar surface area (TPSA) is 75.9 Å². The maximum Gasteiger partial charge on any atom is 0.148 e. The van der Waals surface area contributed by atoms with Crippen molar-refractivity contribution in [2.45, 2.75) is 33.2 Å². The minimum Gasteiger partial charge on any atom is -0.362 e. The van der Waals surface area contributed by atoms with Gasteiger partial charge in [0.25, 0.3) is 0 Å². The van der Waals surface area contributed by atoms with Gasteiger partial charge in [0.15, 0.2) is 0 Å². The van der Waals surface area contributed by atoms with Crippen LogP contribution in [0.25, 0.3) is 0 Å². The van der Waals surface area contributed by atoms with Gasteiger partial charge in [0, 0.05) is 10.4 Å². The molecular weight excluding hydrogens is 270 g/mol. The fraction of sp³-hybridized carbons (Fsp3) is 0.429. The number of nitrogens with zero attached hydrogens (tertiary/aromatic N) is 2. The van der Waals surface area contributed by atoms with Crippen molar-refractivity contribution >= 4 is 23.0 Å². The van der Waals surface area contributed by atoms with Crippen molar-refractivity contribution < 1.29 is 0 Å². The largest absolute Gasteiger partial charge is 0.362 e. The van der Waals surface area contributed by atoms with Gasteiger partial charge in [-0.2, -0.15) is 0 Å². The number of nitrogens with one attached hydrogen (secondary N) is 2. The second-order valence-corrected chi connectivity index (χ2v) is 5.91. The van der Waals surface area contributed by atoms with Gasteiger partial charge < -0.3 is 10.7 Å². The summed E-state index contributed by atoms with van der Waals surface area (Å²) in [4.78, 5) is 9.84. The fourth-order valence-corrected chi connectivity index (χ4v) is 3.13. The van der Waals surface area contributed by atoms with Crippen molar-refractivity contribution in [3.05, 3.63) is 34.3 Å². The van der Waals surface area contributed by atoms with E-state index in [1.54, 1.807) is 11.3 Å². The minimum absolute atomic E-state index is 0.237. The molecule has 0 aliphatic heterocycles. The van der Waals surface area contributed by atoms with E-state index in [1.807, 2.05) is 0 Å². The van der Waals surface area contributed by atoms with E-state index in [2.05, 4.69) is 59.0 Å². The summed E-state index contributed by atoms with van der Waals surface area (Å²) in [5.41, 5.74) is 3.65. The first-order chi connectivity index (χ1) is 9.67. The molecule has 0 spiro atoms. The summed E-state index contributed by atoms with van der Waals surface area (Å²) < 4.78 is 0. The van der Waals surface area contributed by atoms with Crippen molar-refractivity contribution in [1.29, 1.82) is 0 Å². The SMILES string of the molecule is CCc1c(NN)ncnc1NC(c1cccs1)C(C)C. The van der Waals surface area contributed by atoms with E-state index in [0.29, 0.717) is 11.7 Å². The number of hydrogen-bond acceptors (Lipinski definition) is 6. The summed E-state index contributed by atoms with van der Waals surface area (Å²) >= 11 is 1.76. The van der Waals surface area contributed by atoms with Crippen molar-refractivity contribution in [3.63, 3.8) is 0 Å². The van der Waals surface area contributed by atoms with Gasteiger partial charge in [-0.3, -0.25) is 0 Å². The zero-order valence-electron chi connectivity index (χ0n) is 12.1. The highest BCUT2D eigenvalue weighted by Crippen LogP contribution is 2.31. The summed E-state index contributed by atoms with van der Waals surface area (Å²) in [6, 6.07) is 4.46. The van der Waals surface area contributed by atoms with Crippen LogP contribution in [0, 0.1) is 5.92 Å². The Morgan fingerprint density at radius 3 is 2.60 bits per heavy atom. The van der Waals surface area contributed by atoms with Gasteiger partial charge in [-0.15, -0.1) is 11.3 Å². The van der Waals surface area contributed by atoms with Crippen LogP contribution in [0.3, 0.4) is 0 Å². The van der Waals surface area contributed by atoms with Gasteiger partial charge in [-0.25, -0.2) is 15.8 Å². The summed E-state index contributed by atoms with van der Waals surface area (Å²) in [6.45, 7) is 6.47. The van der Waals surface area contributed by atoms with Gasteiger partial charge >= 0.3 is 0 Å². The van der Waals surface area contributed by atoms with E-state index < -0.39 is 0 Å². The Kier molecular flexibility index (Phi) is 4.92. The second kappa shape index (κ2) is 6.67. The third kappa shape index (κ3) is 3.08. The molecule has 1 unspecified atom stereocenters. The molecule has 108 valence electrons. The van der Waals surface area contributed by atoms with Crippen LogP contribution in [0.2, 0.25) is 0 Å². The number of hydrazine groups is 1. The molecule has 0 aromatic carbocycles. The first-order valence-corrected chi connectivity index (χ1v) is 7.65. The van der Waals surface area contributed by atoms with Gasteiger partial charge in [0.2, 0.25) is 0 Å². The number of hydrogen-bond donors (Lipinski definition) is 3. The molecule has 0 aliphatic rings. The Balaban J connectivity index is 2.32. The normalized spacial score (nSPS) is 12.4. The Morgan fingerprint density at radius 1 is 1.30 bits per heavy atom. The molecule has 0 fully saturated rings. The molecule has 2 aromatic rings. The summed E-state index contributed by atoms with van der Waals surface area (Å²) in [6.07, 6.45) is 2.35. The molecule has 5 nitrogen and oxygen atoms in total. The molecular formula is C14H21N5S. The average Bonchev–Trinajstić information content (AvgIpc) is 2.97. The highest BCUT2D eigenvalue weighted by molar-refractivity contribution is 7.10. The van der Waals surface area contributed by atoms with Gasteiger partial charge in [0.05, 0.1) is 6.04 Å². The maximum absolute atomic E-state index is 5.51. The number of aromatic nitrogens is 2. The third-order valence-electron chi connectivity index (χ3n) is 3.24. The van der Waals surface area contributed by atoms with Crippen LogP contribution in [0.5, 0.6) is 0 Å². The molecule has 0 aliphatic carbocycles. The standard InChI is InChI=1S/C14H21N5S/c1-4-10-13(16-8-17-14(10)19-15)18-12(9(2)3)11-6-5-7-20-11/h5-9,12H,4,15H2,1-3H3,(H2,16,17,18,19). The highest BCUT2D eigenvalue weighted by atomic mass is 32.1. The number of nitrogens with two attached hydrogens (primary N) is 1. The lowest BCUT2D eigenvalue weighted by molar-refractivity contribution is 0.551. The van der Waals surface area contributed by atoms with Crippen molar-refractivity contribution in [2.75, 3.05) is 10.7 Å². The smallest absolute Gasteiger partial charge is 0.148 e. The molecule has 0 amide bonds. The molecule has 6 heteroatoms. The van der Waals surface area contributed by atoms with Crippen LogP contribution in [0.1, 0.15) is 37.3 Å². The lowest BCUT2D eigenvalue weighted by Gasteiger charge is -2.23. The van der Waals surface area contributed by atoms with Gasteiger partial charge in [0.1, 0.15) is 18.0 Å². The molecule has 0 saturated carbocycles. The van der Waals surface area contributed by atoms with Crippen molar-refractivity contribution in [3.8, 4) is 0 Å². The lowest BCUT2D eigenvalue weighted by atomic mass is 10.0. The quantitative estimate of drug-likeness (QED) is 0.563. The predicted molar refractivity (Wildman–Crippen MR) is 84.7 cm³/mol. The van der Waals surface area contributed by atoms with Crippen molar-refractivity contribution in [1.82, 2.24) is 9.97 Å². The monoisotopic (exact) mass is 291 g/mol. The molecule has 0 bridgehead atoms. The molecule has 20 heavy (non-hydrogen) atoms. The van der Waals surface area contributed by atoms with Crippen LogP contribution in [-0.2, 0) is 6.42 Å². The number of thiophene rings is 1. The first-order valence-electron chi connectivity index (χ1n) is 6.77. The van der Waals surface area contributed by atoms with Crippen LogP contribution in [0.4, 0.5) is 11.6 Å². The van der Waals surface area contributed by atoms with E-state index in [-0.39, 0.29) is 6.04 Å². The zero-order chi connectivity index (χ0) is 14.5. The third-order valence-corrected chi connectivity index (χ3v) is 4.20. The van der Waals surface area contributed by atoms with Crippen molar-refractivity contribution in [2.24, 2.45) is 11.8 Å². The van der Waals surface area contributed by atoms with Crippen LogP contribution >= 0.6 is 11.3 Å². The fourth-order valence-electron chi connectivity index (χ4n) is 2.18. The minimum atomic E-state index is 0.237. The van der Waals surface area contributed by atoms with Crippen LogP contribution in [0.15, 0.2) is 23.8 Å². The molecule has 0 saturated heterocycles. The van der Waals surface area contributed by atoms with Gasteiger partial charge in [-0.05, 0) is 23.8 Å². The molecule has 0 radical (unpaired) electrons. The van der Waals surface area contributed by atoms with Crippen LogP contribution in [-0.4, -0.2) is 9.97 Å².